The van der Waals surface area contributed by atoms with Crippen LogP contribution < -0.4 is 11.5 Å². The molecular formula is C9H10ClN3O5. The molecule has 6 N–H and O–H groups in total. The summed E-state index contributed by atoms with van der Waals surface area (Å²) in [4.78, 5) is 20.6. The van der Waals surface area contributed by atoms with E-state index in [1.54, 1.807) is 0 Å². The van der Waals surface area contributed by atoms with Gasteiger partial charge in [0, 0.05) is 16.7 Å². The zero-order chi connectivity index (χ0) is 14.0. The highest BCUT2D eigenvalue weighted by Crippen LogP contribution is 2.34. The van der Waals surface area contributed by atoms with E-state index in [9.17, 15) is 25.1 Å². The molecule has 1 aromatic rings. The predicted molar refractivity (Wildman–Crippen MR) is 62.7 cm³/mol. The molecule has 0 bridgehead atoms. The van der Waals surface area contributed by atoms with Crippen LogP contribution in [0.5, 0.6) is 0 Å². The van der Waals surface area contributed by atoms with Crippen molar-refractivity contribution in [3.05, 3.63) is 32.8 Å². The van der Waals surface area contributed by atoms with Crippen LogP contribution in [0.25, 0.3) is 0 Å². The molecule has 0 saturated heterocycles. The first-order chi connectivity index (χ1) is 8.25. The number of anilines is 1. The Balaban J connectivity index is 3.32. The van der Waals surface area contributed by atoms with Gasteiger partial charge in [0.1, 0.15) is 11.8 Å². The summed E-state index contributed by atoms with van der Waals surface area (Å²) in [6, 6.07) is 2.10. The molecule has 18 heavy (non-hydrogen) atoms. The number of primary amides is 1. The summed E-state index contributed by atoms with van der Waals surface area (Å²) in [7, 11) is 0. The number of hydrogen-bond donors (Lipinski definition) is 4. The van der Waals surface area contributed by atoms with Gasteiger partial charge in [0.15, 0.2) is 6.10 Å². The van der Waals surface area contributed by atoms with Crippen LogP contribution in [-0.2, 0) is 4.79 Å². The number of nitrogen functional groups attached to an aromatic ring is 1. The van der Waals surface area contributed by atoms with Crippen LogP contribution in [0.15, 0.2) is 12.1 Å². The van der Waals surface area contributed by atoms with Crippen molar-refractivity contribution in [1.82, 2.24) is 0 Å². The molecule has 0 spiro atoms. The number of carbonyl (C=O) groups excluding carboxylic acids is 1. The van der Waals surface area contributed by atoms with Gasteiger partial charge in [0.2, 0.25) is 5.91 Å². The van der Waals surface area contributed by atoms with Gasteiger partial charge in [-0.25, -0.2) is 0 Å². The lowest BCUT2D eigenvalue weighted by molar-refractivity contribution is -0.384. The SMILES string of the molecule is NC(=O)C(O)C(O)c1cc(Cl)cc([N+](=O)[O-])c1N. The highest BCUT2D eigenvalue weighted by atomic mass is 35.5. The number of nitro groups is 1. The van der Waals surface area contributed by atoms with Crippen molar-refractivity contribution >= 4 is 28.9 Å². The predicted octanol–water partition coefficient (Wildman–Crippen LogP) is -0.290. The first kappa shape index (κ1) is 14.2. The number of carbonyl (C=O) groups is 1. The van der Waals surface area contributed by atoms with E-state index >= 15 is 0 Å². The number of rotatable bonds is 4. The lowest BCUT2D eigenvalue weighted by atomic mass is 10.0. The monoisotopic (exact) mass is 275 g/mol. The Bertz CT molecular complexity index is 507. The standard InChI is InChI=1S/C9H10ClN3O5/c10-3-1-4(7(14)8(15)9(12)16)6(11)5(2-3)13(17)18/h1-2,7-8,14-15H,11H2,(H2,12,16). The van der Waals surface area contributed by atoms with Crippen LogP contribution >= 0.6 is 11.6 Å². The largest absolute Gasteiger partial charge is 0.393 e. The summed E-state index contributed by atoms with van der Waals surface area (Å²) in [5.74, 6) is -1.19. The zero-order valence-electron chi connectivity index (χ0n) is 8.91. The second-order valence-corrected chi connectivity index (χ2v) is 3.91. The van der Waals surface area contributed by atoms with E-state index < -0.39 is 34.4 Å². The topological polar surface area (TPSA) is 153 Å². The van der Waals surface area contributed by atoms with Crippen molar-refractivity contribution in [3.8, 4) is 0 Å². The van der Waals surface area contributed by atoms with E-state index in [0.29, 0.717) is 0 Å². The molecule has 2 atom stereocenters. The Labute approximate surface area is 106 Å². The Morgan fingerprint density at radius 3 is 2.44 bits per heavy atom. The first-order valence-corrected chi connectivity index (χ1v) is 5.02. The van der Waals surface area contributed by atoms with E-state index in [1.165, 1.54) is 0 Å². The normalized spacial score (nSPS) is 13.9. The van der Waals surface area contributed by atoms with E-state index in [1.807, 2.05) is 0 Å². The Kier molecular flexibility index (Phi) is 4.07. The van der Waals surface area contributed by atoms with Gasteiger partial charge in [-0.15, -0.1) is 0 Å². The van der Waals surface area contributed by atoms with Crippen LogP contribution in [0.3, 0.4) is 0 Å². The van der Waals surface area contributed by atoms with Crippen molar-refractivity contribution in [1.29, 1.82) is 0 Å². The fourth-order valence-corrected chi connectivity index (χ4v) is 1.57. The first-order valence-electron chi connectivity index (χ1n) is 4.64. The molecule has 9 heteroatoms. The van der Waals surface area contributed by atoms with E-state index in [0.717, 1.165) is 12.1 Å². The quantitative estimate of drug-likeness (QED) is 0.336. The molecule has 2 unspecified atom stereocenters. The van der Waals surface area contributed by atoms with E-state index in [2.05, 4.69) is 0 Å². The van der Waals surface area contributed by atoms with Gasteiger partial charge in [-0.3, -0.25) is 14.9 Å². The van der Waals surface area contributed by atoms with Crippen LogP contribution in [-0.4, -0.2) is 27.1 Å². The fourth-order valence-electron chi connectivity index (χ4n) is 1.35. The molecule has 8 nitrogen and oxygen atoms in total. The van der Waals surface area contributed by atoms with Gasteiger partial charge < -0.3 is 21.7 Å². The molecule has 0 heterocycles. The summed E-state index contributed by atoms with van der Waals surface area (Å²) >= 11 is 5.63. The van der Waals surface area contributed by atoms with Crippen molar-refractivity contribution in [3.63, 3.8) is 0 Å². The minimum absolute atomic E-state index is 0.0679. The third-order valence-corrected chi connectivity index (χ3v) is 2.48. The number of nitro benzene ring substituents is 1. The van der Waals surface area contributed by atoms with Crippen LogP contribution in [0.4, 0.5) is 11.4 Å². The van der Waals surface area contributed by atoms with E-state index in [-0.39, 0.29) is 10.6 Å². The number of nitrogens with zero attached hydrogens (tertiary/aromatic N) is 1. The fraction of sp³-hybridized carbons (Fsp3) is 0.222. The Hall–Kier alpha value is -1.90. The molecule has 98 valence electrons. The summed E-state index contributed by atoms with van der Waals surface area (Å²) in [5, 5.41) is 29.6. The summed E-state index contributed by atoms with van der Waals surface area (Å²) in [5.41, 5.74) is 9.11. The smallest absolute Gasteiger partial charge is 0.293 e. The highest BCUT2D eigenvalue weighted by Gasteiger charge is 2.28. The number of benzene rings is 1. The molecule has 1 aromatic carbocycles. The summed E-state index contributed by atoms with van der Waals surface area (Å²) in [6.45, 7) is 0. The maximum absolute atomic E-state index is 10.7. The molecule has 0 aromatic heterocycles. The van der Waals surface area contributed by atoms with Crippen LogP contribution in [0.2, 0.25) is 5.02 Å². The Morgan fingerprint density at radius 1 is 1.44 bits per heavy atom. The van der Waals surface area contributed by atoms with Crippen molar-refractivity contribution < 1.29 is 19.9 Å². The van der Waals surface area contributed by atoms with Crippen molar-refractivity contribution in [2.24, 2.45) is 5.73 Å². The van der Waals surface area contributed by atoms with Gasteiger partial charge in [0.25, 0.3) is 5.69 Å². The van der Waals surface area contributed by atoms with Gasteiger partial charge in [-0.1, -0.05) is 11.6 Å². The highest BCUT2D eigenvalue weighted by molar-refractivity contribution is 6.31. The maximum atomic E-state index is 10.7. The molecule has 0 fully saturated rings. The third-order valence-electron chi connectivity index (χ3n) is 2.26. The second kappa shape index (κ2) is 5.17. The average Bonchev–Trinajstić information content (AvgIpc) is 2.29. The van der Waals surface area contributed by atoms with E-state index in [4.69, 9.17) is 23.1 Å². The molecule has 0 aliphatic rings. The number of aliphatic hydroxyl groups is 2. The van der Waals surface area contributed by atoms with Crippen LogP contribution in [0, 0.1) is 10.1 Å². The maximum Gasteiger partial charge on any atom is 0.293 e. The van der Waals surface area contributed by atoms with Crippen LogP contribution in [0.1, 0.15) is 11.7 Å². The third kappa shape index (κ3) is 2.67. The zero-order valence-corrected chi connectivity index (χ0v) is 9.66. The molecule has 0 radical (unpaired) electrons. The number of aliphatic hydroxyl groups excluding tert-OH is 2. The second-order valence-electron chi connectivity index (χ2n) is 3.48. The minimum atomic E-state index is -1.94. The Morgan fingerprint density at radius 2 is 2.00 bits per heavy atom. The number of halogens is 1. The number of nitrogens with two attached hydrogens (primary N) is 2. The molecule has 1 rings (SSSR count). The molecular weight excluding hydrogens is 266 g/mol. The van der Waals surface area contributed by atoms with Gasteiger partial charge in [0.05, 0.1) is 4.92 Å². The molecule has 0 saturated carbocycles. The molecule has 0 aliphatic carbocycles. The molecule has 1 amide bonds. The average molecular weight is 276 g/mol. The lowest BCUT2D eigenvalue weighted by Gasteiger charge is -2.17. The van der Waals surface area contributed by atoms with Gasteiger partial charge >= 0.3 is 0 Å². The van der Waals surface area contributed by atoms with Gasteiger partial charge in [-0.2, -0.15) is 0 Å². The number of amides is 1. The minimum Gasteiger partial charge on any atom is -0.393 e. The van der Waals surface area contributed by atoms with Crippen molar-refractivity contribution in [2.75, 3.05) is 5.73 Å². The summed E-state index contributed by atoms with van der Waals surface area (Å²) < 4.78 is 0. The number of hydrogen-bond acceptors (Lipinski definition) is 6. The molecule has 0 aliphatic heterocycles. The lowest BCUT2D eigenvalue weighted by Crippen LogP contribution is -2.34. The van der Waals surface area contributed by atoms with Crippen molar-refractivity contribution in [2.45, 2.75) is 12.2 Å². The summed E-state index contributed by atoms with van der Waals surface area (Å²) in [6.07, 6.45) is -3.73. The van der Waals surface area contributed by atoms with Gasteiger partial charge in [-0.05, 0) is 6.07 Å².